The smallest absolute Gasteiger partial charge is 0.0497 e. The molecule has 0 amide bonds. The number of hydrogen-bond acceptors (Lipinski definition) is 2. The molecule has 0 spiro atoms. The highest BCUT2D eigenvalue weighted by atomic mass is 16.5. The molecule has 3 rings (SSSR count). The molecule has 1 aromatic rings. The molecule has 1 N–H and O–H groups in total. The van der Waals surface area contributed by atoms with Crippen molar-refractivity contribution in [2.45, 2.75) is 19.3 Å². The number of rotatable bonds is 1. The predicted molar refractivity (Wildman–Crippen MR) is 65.7 cm³/mol. The number of anilines is 1. The zero-order chi connectivity index (χ0) is 10.8. The monoisotopic (exact) mass is 217 g/mol. The topological polar surface area (TPSA) is 21.3 Å². The molecule has 2 atom stereocenters. The van der Waals surface area contributed by atoms with Crippen LogP contribution in [-0.2, 0) is 11.2 Å². The highest BCUT2D eigenvalue weighted by Crippen LogP contribution is 2.31. The van der Waals surface area contributed by atoms with Gasteiger partial charge in [-0.05, 0) is 42.7 Å². The Labute approximate surface area is 97.0 Å². The highest BCUT2D eigenvalue weighted by Gasteiger charge is 2.27. The second-order valence-corrected chi connectivity index (χ2v) is 4.98. The third kappa shape index (κ3) is 1.94. The third-order valence-electron chi connectivity index (χ3n) is 3.92. The fourth-order valence-corrected chi connectivity index (χ4v) is 2.94. The molecule has 2 heterocycles. The van der Waals surface area contributed by atoms with Gasteiger partial charge in [-0.25, -0.2) is 0 Å². The lowest BCUT2D eigenvalue weighted by molar-refractivity contribution is 0.0324. The van der Waals surface area contributed by atoms with Crippen LogP contribution in [0.15, 0.2) is 24.3 Å². The van der Waals surface area contributed by atoms with Gasteiger partial charge in [0, 0.05) is 25.4 Å². The van der Waals surface area contributed by atoms with E-state index in [2.05, 4.69) is 29.6 Å². The van der Waals surface area contributed by atoms with E-state index < -0.39 is 0 Å². The van der Waals surface area contributed by atoms with E-state index >= 15 is 0 Å². The van der Waals surface area contributed by atoms with Gasteiger partial charge >= 0.3 is 0 Å². The number of ether oxygens (including phenoxy) is 1. The van der Waals surface area contributed by atoms with Gasteiger partial charge in [0.05, 0.1) is 0 Å². The van der Waals surface area contributed by atoms with Gasteiger partial charge in [0.15, 0.2) is 0 Å². The fraction of sp³-hybridized carbons (Fsp3) is 0.571. The van der Waals surface area contributed by atoms with Crippen LogP contribution < -0.4 is 5.32 Å². The summed E-state index contributed by atoms with van der Waals surface area (Å²) < 4.78 is 5.60. The fourth-order valence-electron chi connectivity index (χ4n) is 2.94. The average molecular weight is 217 g/mol. The van der Waals surface area contributed by atoms with Gasteiger partial charge < -0.3 is 10.1 Å². The second-order valence-electron chi connectivity index (χ2n) is 4.98. The molecule has 2 aliphatic rings. The van der Waals surface area contributed by atoms with Crippen molar-refractivity contribution in [3.8, 4) is 0 Å². The number of hydrogen-bond donors (Lipinski definition) is 1. The van der Waals surface area contributed by atoms with Crippen LogP contribution in [0.1, 0.15) is 18.4 Å². The van der Waals surface area contributed by atoms with E-state index in [0.717, 1.165) is 31.6 Å². The van der Waals surface area contributed by atoms with E-state index in [4.69, 9.17) is 4.74 Å². The van der Waals surface area contributed by atoms with Crippen LogP contribution in [0, 0.1) is 11.8 Å². The number of fused-ring (bicyclic) bond motifs is 1. The van der Waals surface area contributed by atoms with Crippen LogP contribution in [0.4, 0.5) is 5.69 Å². The first-order chi connectivity index (χ1) is 7.93. The van der Waals surface area contributed by atoms with Gasteiger partial charge in [0.2, 0.25) is 0 Å². The minimum absolute atomic E-state index is 0.759. The van der Waals surface area contributed by atoms with Crippen molar-refractivity contribution in [3.63, 3.8) is 0 Å². The standard InChI is InChI=1S/C14H19NO/c1-2-6-14-11(4-1)8-13(9-15-14)12-5-3-7-16-10-12/h1-2,4,6,12-13,15H,3,5,7-10H2. The van der Waals surface area contributed by atoms with E-state index in [9.17, 15) is 0 Å². The zero-order valence-corrected chi connectivity index (χ0v) is 9.61. The maximum atomic E-state index is 5.60. The van der Waals surface area contributed by atoms with E-state index in [1.807, 2.05) is 0 Å². The van der Waals surface area contributed by atoms with Crippen molar-refractivity contribution in [2.24, 2.45) is 11.8 Å². The number of benzene rings is 1. The molecule has 0 saturated carbocycles. The summed E-state index contributed by atoms with van der Waals surface area (Å²) in [5.74, 6) is 1.52. The minimum Gasteiger partial charge on any atom is -0.385 e. The third-order valence-corrected chi connectivity index (χ3v) is 3.92. The van der Waals surface area contributed by atoms with Crippen molar-refractivity contribution >= 4 is 5.69 Å². The van der Waals surface area contributed by atoms with Crippen LogP contribution >= 0.6 is 0 Å². The molecule has 1 aromatic carbocycles. The summed E-state index contributed by atoms with van der Waals surface area (Å²) in [7, 11) is 0. The Bertz CT molecular complexity index is 358. The molecule has 0 aliphatic carbocycles. The molecule has 2 nitrogen and oxygen atoms in total. The summed E-state index contributed by atoms with van der Waals surface area (Å²) in [6.07, 6.45) is 3.80. The Morgan fingerprint density at radius 1 is 1.19 bits per heavy atom. The van der Waals surface area contributed by atoms with E-state index in [1.165, 1.54) is 30.5 Å². The Kier molecular flexibility index (Phi) is 2.83. The van der Waals surface area contributed by atoms with Crippen molar-refractivity contribution in [3.05, 3.63) is 29.8 Å². The quantitative estimate of drug-likeness (QED) is 0.781. The Balaban J connectivity index is 1.72. The molecule has 0 radical (unpaired) electrons. The number of para-hydroxylation sites is 1. The van der Waals surface area contributed by atoms with E-state index in [0.29, 0.717) is 0 Å². The first kappa shape index (κ1) is 10.2. The molecule has 0 bridgehead atoms. The maximum absolute atomic E-state index is 5.60. The van der Waals surface area contributed by atoms with Crippen LogP contribution in [0.3, 0.4) is 0 Å². The second kappa shape index (κ2) is 4.46. The van der Waals surface area contributed by atoms with Gasteiger partial charge in [-0.2, -0.15) is 0 Å². The van der Waals surface area contributed by atoms with Gasteiger partial charge in [-0.3, -0.25) is 0 Å². The maximum Gasteiger partial charge on any atom is 0.0497 e. The lowest BCUT2D eigenvalue weighted by Crippen LogP contribution is -2.34. The molecule has 1 saturated heterocycles. The molecule has 2 unspecified atom stereocenters. The molecular formula is C14H19NO. The summed E-state index contributed by atoms with van der Waals surface area (Å²) >= 11 is 0. The molecule has 1 fully saturated rings. The average Bonchev–Trinajstić information content (AvgIpc) is 2.39. The van der Waals surface area contributed by atoms with Gasteiger partial charge in [0.25, 0.3) is 0 Å². The Hall–Kier alpha value is -1.02. The SMILES string of the molecule is c1ccc2c(c1)CC(C1CCCOC1)CN2. The van der Waals surface area contributed by atoms with Crippen molar-refractivity contribution in [1.29, 1.82) is 0 Å². The van der Waals surface area contributed by atoms with Crippen molar-refractivity contribution < 1.29 is 4.74 Å². The summed E-state index contributed by atoms with van der Waals surface area (Å²) in [5, 5.41) is 3.55. The normalized spacial score (nSPS) is 29.2. The van der Waals surface area contributed by atoms with Gasteiger partial charge in [-0.15, -0.1) is 0 Å². The molecule has 2 aliphatic heterocycles. The van der Waals surface area contributed by atoms with Crippen LogP contribution in [0.5, 0.6) is 0 Å². The summed E-state index contributed by atoms with van der Waals surface area (Å²) in [6, 6.07) is 8.68. The summed E-state index contributed by atoms with van der Waals surface area (Å²) in [4.78, 5) is 0. The summed E-state index contributed by atoms with van der Waals surface area (Å²) in [6.45, 7) is 3.05. The van der Waals surface area contributed by atoms with E-state index in [-0.39, 0.29) is 0 Å². The number of nitrogens with one attached hydrogen (secondary N) is 1. The Morgan fingerprint density at radius 2 is 2.12 bits per heavy atom. The molecular weight excluding hydrogens is 198 g/mol. The minimum atomic E-state index is 0.759. The van der Waals surface area contributed by atoms with Gasteiger partial charge in [-0.1, -0.05) is 18.2 Å². The molecule has 86 valence electrons. The van der Waals surface area contributed by atoms with Crippen LogP contribution in [0.25, 0.3) is 0 Å². The largest absolute Gasteiger partial charge is 0.385 e. The first-order valence-corrected chi connectivity index (χ1v) is 6.33. The lowest BCUT2D eigenvalue weighted by Gasteiger charge is -2.34. The molecule has 2 heteroatoms. The molecule has 16 heavy (non-hydrogen) atoms. The highest BCUT2D eigenvalue weighted by molar-refractivity contribution is 5.53. The van der Waals surface area contributed by atoms with Crippen molar-refractivity contribution in [2.75, 3.05) is 25.1 Å². The molecule has 0 aromatic heterocycles. The lowest BCUT2D eigenvalue weighted by atomic mass is 9.81. The van der Waals surface area contributed by atoms with Gasteiger partial charge in [0.1, 0.15) is 0 Å². The first-order valence-electron chi connectivity index (χ1n) is 6.33. The Morgan fingerprint density at radius 3 is 3.00 bits per heavy atom. The van der Waals surface area contributed by atoms with Crippen LogP contribution in [-0.4, -0.2) is 19.8 Å². The predicted octanol–water partition coefficient (Wildman–Crippen LogP) is 2.70. The van der Waals surface area contributed by atoms with Crippen molar-refractivity contribution in [1.82, 2.24) is 0 Å². The van der Waals surface area contributed by atoms with Crippen LogP contribution in [0.2, 0.25) is 0 Å². The summed E-state index contributed by atoms with van der Waals surface area (Å²) in [5.41, 5.74) is 2.81. The van der Waals surface area contributed by atoms with E-state index in [1.54, 1.807) is 0 Å². The zero-order valence-electron chi connectivity index (χ0n) is 9.61.